The van der Waals surface area contributed by atoms with Crippen LogP contribution < -0.4 is 14.8 Å². The summed E-state index contributed by atoms with van der Waals surface area (Å²) in [4.78, 5) is 12.8. The molecule has 0 bridgehead atoms. The summed E-state index contributed by atoms with van der Waals surface area (Å²) < 4.78 is 32.7. The smallest absolute Gasteiger partial charge is 0.271 e. The van der Waals surface area contributed by atoms with Crippen LogP contribution in [0.4, 0.5) is 5.69 Å². The van der Waals surface area contributed by atoms with Crippen molar-refractivity contribution in [2.24, 2.45) is 5.92 Å². The lowest BCUT2D eigenvalue weighted by atomic mass is 9.96. The molecule has 0 fully saturated rings. The second-order valence-electron chi connectivity index (χ2n) is 7.54. The molecule has 0 aliphatic carbocycles. The molecule has 6 nitrogen and oxygen atoms in total. The minimum Gasteiger partial charge on any atom is -0.497 e. The molecule has 0 unspecified atom stereocenters. The fourth-order valence-corrected chi connectivity index (χ4v) is 5.19. The Balaban J connectivity index is 1.71. The number of carbonyl (C=O) groups excluding carboxylic acids is 1. The Kier molecular flexibility index (Phi) is 7.35. The highest BCUT2D eigenvalue weighted by Gasteiger charge is 2.18. The van der Waals surface area contributed by atoms with Crippen molar-refractivity contribution < 1.29 is 17.9 Å². The average Bonchev–Trinajstić information content (AvgIpc) is 3.29. The summed E-state index contributed by atoms with van der Waals surface area (Å²) in [6.45, 7) is 4.22. The predicted octanol–water partition coefficient (Wildman–Crippen LogP) is 5.07. The number of ether oxygens (including phenoxy) is 1. The second kappa shape index (κ2) is 9.98. The maximum atomic E-state index is 12.8. The molecule has 0 saturated heterocycles. The summed E-state index contributed by atoms with van der Waals surface area (Å²) >= 11 is 1.15. The number of hydrogen-bond acceptors (Lipinski definition) is 5. The summed E-state index contributed by atoms with van der Waals surface area (Å²) in [5, 5.41) is 4.80. The van der Waals surface area contributed by atoms with Crippen LogP contribution in [0.3, 0.4) is 0 Å². The maximum Gasteiger partial charge on any atom is 0.271 e. The van der Waals surface area contributed by atoms with Gasteiger partial charge in [0.2, 0.25) is 0 Å². The molecule has 31 heavy (non-hydrogen) atoms. The number of benzene rings is 2. The summed E-state index contributed by atoms with van der Waals surface area (Å²) in [5.41, 5.74) is 1.86. The summed E-state index contributed by atoms with van der Waals surface area (Å²) in [5.74, 6) is 0.939. The zero-order valence-corrected chi connectivity index (χ0v) is 19.3. The first kappa shape index (κ1) is 22.8. The Morgan fingerprint density at radius 3 is 2.26 bits per heavy atom. The molecule has 164 valence electrons. The molecule has 2 N–H and O–H groups in total. The van der Waals surface area contributed by atoms with Crippen LogP contribution in [0.25, 0.3) is 0 Å². The van der Waals surface area contributed by atoms with E-state index in [2.05, 4.69) is 23.9 Å². The number of amides is 1. The lowest BCUT2D eigenvalue weighted by Crippen LogP contribution is -2.29. The largest absolute Gasteiger partial charge is 0.497 e. The van der Waals surface area contributed by atoms with Crippen LogP contribution in [-0.2, 0) is 10.0 Å². The van der Waals surface area contributed by atoms with Gasteiger partial charge in [0.05, 0.1) is 13.2 Å². The van der Waals surface area contributed by atoms with Gasteiger partial charge in [0.25, 0.3) is 15.9 Å². The van der Waals surface area contributed by atoms with Crippen molar-refractivity contribution in [3.63, 3.8) is 0 Å². The van der Waals surface area contributed by atoms with E-state index in [1.807, 2.05) is 24.3 Å². The van der Waals surface area contributed by atoms with E-state index >= 15 is 0 Å². The van der Waals surface area contributed by atoms with Crippen LogP contribution in [0, 0.1) is 5.92 Å². The van der Waals surface area contributed by atoms with Crippen molar-refractivity contribution >= 4 is 33.0 Å². The molecule has 0 radical (unpaired) electrons. The van der Waals surface area contributed by atoms with E-state index in [1.54, 1.807) is 48.9 Å². The van der Waals surface area contributed by atoms with Gasteiger partial charge in [0.1, 0.15) is 9.96 Å². The average molecular weight is 459 g/mol. The van der Waals surface area contributed by atoms with Crippen LogP contribution in [0.5, 0.6) is 5.75 Å². The third-order valence-corrected chi connectivity index (χ3v) is 7.47. The normalized spacial score (nSPS) is 12.4. The van der Waals surface area contributed by atoms with Crippen molar-refractivity contribution in [1.29, 1.82) is 0 Å². The number of nitrogens with one attached hydrogen (secondary N) is 2. The molecular formula is C23H26N2O4S2. The number of methoxy groups -OCH3 is 1. The number of sulfonamides is 1. The van der Waals surface area contributed by atoms with Crippen molar-refractivity contribution in [2.45, 2.75) is 30.5 Å². The highest BCUT2D eigenvalue weighted by atomic mass is 32.2. The monoisotopic (exact) mass is 458 g/mol. The first-order valence-corrected chi connectivity index (χ1v) is 12.3. The lowest BCUT2D eigenvalue weighted by molar-refractivity contribution is 0.0932. The molecule has 0 spiro atoms. The van der Waals surface area contributed by atoms with Gasteiger partial charge in [-0.25, -0.2) is 8.42 Å². The summed E-state index contributed by atoms with van der Waals surface area (Å²) in [6, 6.07) is 17.2. The van der Waals surface area contributed by atoms with Crippen molar-refractivity contribution in [1.82, 2.24) is 5.32 Å². The predicted molar refractivity (Wildman–Crippen MR) is 124 cm³/mol. The molecule has 0 aliphatic heterocycles. The Morgan fingerprint density at radius 2 is 1.71 bits per heavy atom. The standard InChI is InChI=1S/C23H26N2O4S2/c1-16(2)15-21(17-8-12-20(29-3)13-9-17)24-23(26)18-6-10-19(11-7-18)25-31(27,28)22-5-4-14-30-22/h4-14,16,21,25H,15H2,1-3H3,(H,24,26)/t21-/m0/s1. The molecule has 1 heterocycles. The fraction of sp³-hybridized carbons (Fsp3) is 0.261. The third-order valence-electron chi connectivity index (χ3n) is 4.69. The van der Waals surface area contributed by atoms with Gasteiger partial charge < -0.3 is 10.1 Å². The highest BCUT2D eigenvalue weighted by Crippen LogP contribution is 2.25. The number of rotatable bonds is 9. The molecule has 8 heteroatoms. The molecule has 0 aliphatic rings. The molecule has 1 atom stereocenters. The SMILES string of the molecule is COc1ccc([C@H](CC(C)C)NC(=O)c2ccc(NS(=O)(=O)c3cccs3)cc2)cc1. The number of thiophene rings is 1. The minimum absolute atomic E-state index is 0.143. The van der Waals surface area contributed by atoms with Crippen molar-refractivity contribution in [3.05, 3.63) is 77.2 Å². The summed E-state index contributed by atoms with van der Waals surface area (Å²) in [6.07, 6.45) is 0.788. The number of anilines is 1. The zero-order chi connectivity index (χ0) is 22.4. The molecule has 1 amide bonds. The lowest BCUT2D eigenvalue weighted by Gasteiger charge is -2.21. The van der Waals surface area contributed by atoms with Gasteiger partial charge in [0, 0.05) is 11.3 Å². The second-order valence-corrected chi connectivity index (χ2v) is 10.4. The van der Waals surface area contributed by atoms with Gasteiger partial charge >= 0.3 is 0 Å². The van der Waals surface area contributed by atoms with Gasteiger partial charge in [-0.2, -0.15) is 0 Å². The van der Waals surface area contributed by atoms with E-state index in [-0.39, 0.29) is 16.2 Å². The third kappa shape index (κ3) is 6.08. The van der Waals surface area contributed by atoms with Gasteiger partial charge in [-0.15, -0.1) is 11.3 Å². The summed E-state index contributed by atoms with van der Waals surface area (Å²) in [7, 11) is -2.00. The van der Waals surface area contributed by atoms with Crippen LogP contribution >= 0.6 is 11.3 Å². The highest BCUT2D eigenvalue weighted by molar-refractivity contribution is 7.94. The van der Waals surface area contributed by atoms with E-state index < -0.39 is 10.0 Å². The van der Waals surface area contributed by atoms with Gasteiger partial charge in [-0.05, 0) is 65.7 Å². The molecule has 3 rings (SSSR count). The molecule has 1 aromatic heterocycles. The number of carbonyl (C=O) groups is 1. The van der Waals surface area contributed by atoms with Crippen LogP contribution in [-0.4, -0.2) is 21.4 Å². The topological polar surface area (TPSA) is 84.5 Å². The quantitative estimate of drug-likeness (QED) is 0.469. The van der Waals surface area contributed by atoms with Crippen molar-refractivity contribution in [3.8, 4) is 5.75 Å². The van der Waals surface area contributed by atoms with Crippen LogP contribution in [0.2, 0.25) is 0 Å². The first-order chi connectivity index (χ1) is 14.8. The Hall–Kier alpha value is -2.84. The molecule has 0 saturated carbocycles. The first-order valence-electron chi connectivity index (χ1n) is 9.89. The van der Waals surface area contributed by atoms with E-state index in [0.29, 0.717) is 17.2 Å². The van der Waals surface area contributed by atoms with Crippen molar-refractivity contribution in [2.75, 3.05) is 11.8 Å². The molecule has 3 aromatic rings. The van der Waals surface area contributed by atoms with Crippen LogP contribution in [0.1, 0.15) is 42.2 Å². The molecular weight excluding hydrogens is 432 g/mol. The Bertz CT molecular complexity index is 1090. The van der Waals surface area contributed by atoms with E-state index in [1.165, 1.54) is 0 Å². The van der Waals surface area contributed by atoms with E-state index in [0.717, 1.165) is 29.1 Å². The van der Waals surface area contributed by atoms with E-state index in [9.17, 15) is 13.2 Å². The van der Waals surface area contributed by atoms with E-state index in [4.69, 9.17) is 4.74 Å². The zero-order valence-electron chi connectivity index (χ0n) is 17.7. The van der Waals surface area contributed by atoms with Gasteiger partial charge in [-0.3, -0.25) is 9.52 Å². The van der Waals surface area contributed by atoms with Crippen LogP contribution in [0.15, 0.2) is 70.3 Å². The van der Waals surface area contributed by atoms with Gasteiger partial charge in [0.15, 0.2) is 0 Å². The number of hydrogen-bond donors (Lipinski definition) is 2. The Morgan fingerprint density at radius 1 is 1.03 bits per heavy atom. The molecule has 2 aromatic carbocycles. The van der Waals surface area contributed by atoms with Gasteiger partial charge in [-0.1, -0.05) is 32.0 Å². The Labute approximate surface area is 187 Å². The minimum atomic E-state index is -3.62. The maximum absolute atomic E-state index is 12.8. The fourth-order valence-electron chi connectivity index (χ4n) is 3.14.